The molecule has 1 saturated heterocycles. The molecule has 25 heavy (non-hydrogen) atoms. The summed E-state index contributed by atoms with van der Waals surface area (Å²) in [6, 6.07) is 19.8. The summed E-state index contributed by atoms with van der Waals surface area (Å²) in [4.78, 5) is 14.4. The molecule has 4 rings (SSSR count). The lowest BCUT2D eigenvalue weighted by atomic mass is 10.1. The number of aromatic nitrogens is 3. The van der Waals surface area contributed by atoms with Crippen LogP contribution in [0.3, 0.4) is 0 Å². The topological polar surface area (TPSA) is 53.9 Å². The van der Waals surface area contributed by atoms with E-state index in [2.05, 4.69) is 10.2 Å². The SMILES string of the molecule is O=C1CCC(c2n[nH]c(=S)n2-c2ccccc2)N1Cc1ccccc1. The third-order valence-electron chi connectivity index (χ3n) is 4.53. The molecular weight excluding hydrogens is 332 g/mol. The molecule has 1 fully saturated rings. The van der Waals surface area contributed by atoms with E-state index in [4.69, 9.17) is 12.2 Å². The predicted octanol–water partition coefficient (Wildman–Crippen LogP) is 3.79. The zero-order valence-electron chi connectivity index (χ0n) is 13.6. The number of hydrogen-bond donors (Lipinski definition) is 1. The van der Waals surface area contributed by atoms with Gasteiger partial charge in [-0.2, -0.15) is 5.10 Å². The molecule has 1 amide bonds. The lowest BCUT2D eigenvalue weighted by Crippen LogP contribution is -2.28. The van der Waals surface area contributed by atoms with Crippen LogP contribution in [0.15, 0.2) is 60.7 Å². The van der Waals surface area contributed by atoms with E-state index in [0.717, 1.165) is 23.5 Å². The second-order valence-corrected chi connectivity index (χ2v) is 6.51. The molecule has 5 nitrogen and oxygen atoms in total. The minimum atomic E-state index is -0.0825. The van der Waals surface area contributed by atoms with Gasteiger partial charge in [-0.3, -0.25) is 14.5 Å². The van der Waals surface area contributed by atoms with Gasteiger partial charge >= 0.3 is 0 Å². The Morgan fingerprint density at radius 1 is 1.08 bits per heavy atom. The number of benzene rings is 2. The highest BCUT2D eigenvalue weighted by Gasteiger charge is 2.35. The van der Waals surface area contributed by atoms with Gasteiger partial charge in [0.05, 0.1) is 6.04 Å². The van der Waals surface area contributed by atoms with Gasteiger partial charge < -0.3 is 4.90 Å². The highest BCUT2D eigenvalue weighted by atomic mass is 32.1. The van der Waals surface area contributed by atoms with Gasteiger partial charge in [-0.1, -0.05) is 48.5 Å². The number of para-hydroxylation sites is 1. The van der Waals surface area contributed by atoms with Gasteiger partial charge in [0.25, 0.3) is 0 Å². The number of carbonyl (C=O) groups is 1. The van der Waals surface area contributed by atoms with Gasteiger partial charge in [-0.25, -0.2) is 0 Å². The van der Waals surface area contributed by atoms with Crippen molar-refractivity contribution >= 4 is 18.1 Å². The van der Waals surface area contributed by atoms with Crippen molar-refractivity contribution in [2.75, 3.05) is 0 Å². The molecule has 1 aromatic heterocycles. The van der Waals surface area contributed by atoms with E-state index in [-0.39, 0.29) is 11.9 Å². The van der Waals surface area contributed by atoms with Crippen molar-refractivity contribution < 1.29 is 4.79 Å². The van der Waals surface area contributed by atoms with Gasteiger partial charge in [0, 0.05) is 18.7 Å². The Bertz CT molecular complexity index is 933. The monoisotopic (exact) mass is 350 g/mol. The molecule has 1 aliphatic heterocycles. The zero-order valence-corrected chi connectivity index (χ0v) is 14.4. The number of carbonyl (C=O) groups excluding carboxylic acids is 1. The number of nitrogens with zero attached hydrogens (tertiary/aromatic N) is 3. The first-order valence-electron chi connectivity index (χ1n) is 8.30. The van der Waals surface area contributed by atoms with Crippen molar-refractivity contribution in [3.05, 3.63) is 76.8 Å². The van der Waals surface area contributed by atoms with E-state index in [1.165, 1.54) is 0 Å². The molecule has 0 aliphatic carbocycles. The molecule has 1 aliphatic rings. The Balaban J connectivity index is 1.72. The van der Waals surface area contributed by atoms with E-state index >= 15 is 0 Å². The Morgan fingerprint density at radius 2 is 1.76 bits per heavy atom. The predicted molar refractivity (Wildman–Crippen MR) is 97.7 cm³/mol. The molecule has 0 saturated carbocycles. The number of rotatable bonds is 4. The molecule has 3 aromatic rings. The number of nitrogens with one attached hydrogen (secondary N) is 1. The lowest BCUT2D eigenvalue weighted by molar-refractivity contribution is -0.129. The fraction of sp³-hybridized carbons (Fsp3) is 0.211. The maximum atomic E-state index is 12.5. The van der Waals surface area contributed by atoms with Crippen LogP contribution in [0.1, 0.15) is 30.3 Å². The van der Waals surface area contributed by atoms with E-state index in [1.54, 1.807) is 0 Å². The first-order valence-corrected chi connectivity index (χ1v) is 8.71. The van der Waals surface area contributed by atoms with Crippen LogP contribution in [0.5, 0.6) is 0 Å². The third-order valence-corrected chi connectivity index (χ3v) is 4.81. The average molecular weight is 350 g/mol. The summed E-state index contributed by atoms with van der Waals surface area (Å²) in [6.45, 7) is 0.582. The van der Waals surface area contributed by atoms with Crippen molar-refractivity contribution in [1.29, 1.82) is 0 Å². The van der Waals surface area contributed by atoms with Crippen molar-refractivity contribution in [3.63, 3.8) is 0 Å². The first-order chi connectivity index (χ1) is 12.2. The number of hydrogen-bond acceptors (Lipinski definition) is 3. The minimum Gasteiger partial charge on any atom is -0.328 e. The Hall–Kier alpha value is -2.73. The summed E-state index contributed by atoms with van der Waals surface area (Å²) in [7, 11) is 0. The second-order valence-electron chi connectivity index (χ2n) is 6.12. The normalized spacial score (nSPS) is 17.2. The smallest absolute Gasteiger partial charge is 0.223 e. The van der Waals surface area contributed by atoms with E-state index in [0.29, 0.717) is 17.7 Å². The summed E-state index contributed by atoms with van der Waals surface area (Å²) in [6.07, 6.45) is 1.28. The highest BCUT2D eigenvalue weighted by molar-refractivity contribution is 7.71. The Morgan fingerprint density at radius 3 is 2.48 bits per heavy atom. The Labute approximate surface area is 150 Å². The number of likely N-dealkylation sites (tertiary alicyclic amines) is 1. The van der Waals surface area contributed by atoms with Gasteiger partial charge in [0.1, 0.15) is 0 Å². The molecule has 0 spiro atoms. The molecule has 2 aromatic carbocycles. The largest absolute Gasteiger partial charge is 0.328 e. The molecule has 1 atom stereocenters. The van der Waals surface area contributed by atoms with Crippen LogP contribution in [-0.2, 0) is 11.3 Å². The summed E-state index contributed by atoms with van der Waals surface area (Å²) in [5.74, 6) is 0.945. The molecule has 0 bridgehead atoms. The summed E-state index contributed by atoms with van der Waals surface area (Å²) < 4.78 is 2.47. The van der Waals surface area contributed by atoms with E-state index < -0.39 is 0 Å². The van der Waals surface area contributed by atoms with Crippen LogP contribution < -0.4 is 0 Å². The van der Waals surface area contributed by atoms with Crippen LogP contribution in [0, 0.1) is 4.77 Å². The quantitative estimate of drug-likeness (QED) is 0.728. The van der Waals surface area contributed by atoms with Crippen LogP contribution in [0.25, 0.3) is 5.69 Å². The van der Waals surface area contributed by atoms with Crippen molar-refractivity contribution in [2.24, 2.45) is 0 Å². The summed E-state index contributed by atoms with van der Waals surface area (Å²) in [5.41, 5.74) is 2.07. The van der Waals surface area contributed by atoms with E-state index in [1.807, 2.05) is 70.1 Å². The average Bonchev–Trinajstić information content (AvgIpc) is 3.20. The molecule has 0 radical (unpaired) electrons. The highest BCUT2D eigenvalue weighted by Crippen LogP contribution is 2.34. The molecular formula is C19H18N4OS. The second kappa shape index (κ2) is 6.64. The van der Waals surface area contributed by atoms with Gasteiger partial charge in [0.15, 0.2) is 10.6 Å². The van der Waals surface area contributed by atoms with Crippen LogP contribution in [0.2, 0.25) is 0 Å². The van der Waals surface area contributed by atoms with Crippen LogP contribution >= 0.6 is 12.2 Å². The number of amides is 1. The van der Waals surface area contributed by atoms with Gasteiger partial charge in [0.2, 0.25) is 5.91 Å². The standard InChI is InChI=1S/C19H18N4OS/c24-17-12-11-16(22(17)13-14-7-3-1-4-8-14)18-20-21-19(25)23(18)15-9-5-2-6-10-15/h1-10,16H,11-13H2,(H,21,25). The van der Waals surface area contributed by atoms with Crippen molar-refractivity contribution in [3.8, 4) is 5.69 Å². The first kappa shape index (κ1) is 15.8. The molecule has 1 N–H and O–H groups in total. The maximum absolute atomic E-state index is 12.5. The fourth-order valence-corrected chi connectivity index (χ4v) is 3.58. The van der Waals surface area contributed by atoms with Gasteiger partial charge in [-0.05, 0) is 36.3 Å². The lowest BCUT2D eigenvalue weighted by Gasteiger charge is -2.24. The fourth-order valence-electron chi connectivity index (χ4n) is 3.34. The van der Waals surface area contributed by atoms with Crippen molar-refractivity contribution in [2.45, 2.75) is 25.4 Å². The Kier molecular flexibility index (Phi) is 4.19. The van der Waals surface area contributed by atoms with Crippen molar-refractivity contribution in [1.82, 2.24) is 19.7 Å². The maximum Gasteiger partial charge on any atom is 0.223 e. The number of aromatic amines is 1. The van der Waals surface area contributed by atoms with Crippen LogP contribution in [0.4, 0.5) is 0 Å². The summed E-state index contributed by atoms with van der Waals surface area (Å²) >= 11 is 5.43. The molecule has 2 heterocycles. The number of H-pyrrole nitrogens is 1. The third kappa shape index (κ3) is 3.00. The minimum absolute atomic E-state index is 0.0825. The summed E-state index contributed by atoms with van der Waals surface area (Å²) in [5, 5.41) is 7.34. The van der Waals surface area contributed by atoms with E-state index in [9.17, 15) is 4.79 Å². The zero-order chi connectivity index (χ0) is 17.2. The molecule has 6 heteroatoms. The van der Waals surface area contributed by atoms with Crippen LogP contribution in [-0.4, -0.2) is 25.6 Å². The van der Waals surface area contributed by atoms with Gasteiger partial charge in [-0.15, -0.1) is 0 Å². The molecule has 126 valence electrons. The molecule has 1 unspecified atom stereocenters.